The molecule has 8 nitrogen and oxygen atoms in total. The summed E-state index contributed by atoms with van der Waals surface area (Å²) in [5.74, 6) is -0.223. The standard InChI is InChI=1S/C20H25N5O3/c1-13-6-15(4-5-18(13)25-12-21-11-22-25)20(28)23-16-7-17(8-16)24(10-19(26)27)9-14-2-3-14/h4-6,11-12,14,16-17H,2-3,7-10H2,1H3,(H,23,28)(H,26,27). The summed E-state index contributed by atoms with van der Waals surface area (Å²) in [6.07, 6.45) is 7.12. The molecule has 2 saturated carbocycles. The molecule has 0 spiro atoms. The van der Waals surface area contributed by atoms with Crippen LogP contribution in [-0.2, 0) is 4.79 Å². The predicted molar refractivity (Wildman–Crippen MR) is 102 cm³/mol. The predicted octanol–water partition coefficient (Wildman–Crippen LogP) is 1.63. The largest absolute Gasteiger partial charge is 0.480 e. The monoisotopic (exact) mass is 383 g/mol. The Morgan fingerprint density at radius 1 is 1.32 bits per heavy atom. The molecule has 4 rings (SSSR count). The molecule has 0 bridgehead atoms. The van der Waals surface area contributed by atoms with Crippen LogP contribution in [0.4, 0.5) is 0 Å². The summed E-state index contributed by atoms with van der Waals surface area (Å²) in [5.41, 5.74) is 2.45. The average Bonchev–Trinajstić information content (AvgIpc) is 3.26. The molecule has 2 N–H and O–H groups in total. The Kier molecular flexibility index (Phi) is 5.13. The summed E-state index contributed by atoms with van der Waals surface area (Å²) in [4.78, 5) is 29.7. The molecule has 8 heteroatoms. The first-order chi connectivity index (χ1) is 13.5. The molecule has 0 atom stereocenters. The van der Waals surface area contributed by atoms with Gasteiger partial charge in [-0.25, -0.2) is 9.67 Å². The number of carbonyl (C=O) groups excluding carboxylic acids is 1. The molecule has 1 aromatic heterocycles. The molecule has 0 saturated heterocycles. The number of carbonyl (C=O) groups is 2. The third-order valence-corrected chi connectivity index (χ3v) is 5.62. The Bertz CT molecular complexity index is 857. The van der Waals surface area contributed by atoms with Crippen molar-refractivity contribution in [3.63, 3.8) is 0 Å². The number of aromatic nitrogens is 3. The van der Waals surface area contributed by atoms with Crippen molar-refractivity contribution in [3.8, 4) is 5.69 Å². The number of hydrogen-bond donors (Lipinski definition) is 2. The third kappa shape index (κ3) is 4.22. The second-order valence-corrected chi connectivity index (χ2v) is 7.90. The van der Waals surface area contributed by atoms with E-state index in [1.807, 2.05) is 19.1 Å². The first-order valence-electron chi connectivity index (χ1n) is 9.72. The van der Waals surface area contributed by atoms with Crippen molar-refractivity contribution in [1.29, 1.82) is 0 Å². The molecule has 0 radical (unpaired) electrons. The van der Waals surface area contributed by atoms with Gasteiger partial charge in [-0.15, -0.1) is 0 Å². The van der Waals surface area contributed by atoms with Gasteiger partial charge in [0.2, 0.25) is 0 Å². The van der Waals surface area contributed by atoms with Gasteiger partial charge in [0.15, 0.2) is 0 Å². The molecule has 2 fully saturated rings. The van der Waals surface area contributed by atoms with E-state index in [2.05, 4.69) is 20.3 Å². The minimum atomic E-state index is -0.781. The minimum absolute atomic E-state index is 0.0881. The van der Waals surface area contributed by atoms with E-state index < -0.39 is 5.97 Å². The van der Waals surface area contributed by atoms with E-state index in [0.29, 0.717) is 11.5 Å². The van der Waals surface area contributed by atoms with Gasteiger partial charge in [-0.05, 0) is 62.3 Å². The Labute approximate surface area is 163 Å². The lowest BCUT2D eigenvalue weighted by atomic mass is 9.85. The molecule has 0 aliphatic heterocycles. The van der Waals surface area contributed by atoms with E-state index in [4.69, 9.17) is 5.11 Å². The SMILES string of the molecule is Cc1cc(C(=O)NC2CC(N(CC(=O)O)CC3CC3)C2)ccc1-n1cncn1. The van der Waals surface area contributed by atoms with E-state index >= 15 is 0 Å². The van der Waals surface area contributed by atoms with Gasteiger partial charge in [0.05, 0.1) is 12.2 Å². The molecule has 1 amide bonds. The summed E-state index contributed by atoms with van der Waals surface area (Å²) in [6.45, 7) is 2.89. The highest BCUT2D eigenvalue weighted by Crippen LogP contribution is 2.33. The van der Waals surface area contributed by atoms with Crippen molar-refractivity contribution < 1.29 is 14.7 Å². The van der Waals surface area contributed by atoms with Crippen LogP contribution in [0.1, 0.15) is 41.6 Å². The molecule has 1 aromatic carbocycles. The van der Waals surface area contributed by atoms with Crippen molar-refractivity contribution in [2.45, 2.75) is 44.7 Å². The van der Waals surface area contributed by atoms with Crippen LogP contribution in [0.3, 0.4) is 0 Å². The highest BCUT2D eigenvalue weighted by atomic mass is 16.4. The Morgan fingerprint density at radius 2 is 2.11 bits per heavy atom. The van der Waals surface area contributed by atoms with Crippen LogP contribution >= 0.6 is 0 Å². The van der Waals surface area contributed by atoms with Crippen LogP contribution < -0.4 is 5.32 Å². The molecule has 2 aliphatic rings. The second-order valence-electron chi connectivity index (χ2n) is 7.90. The molecular formula is C20H25N5O3. The fourth-order valence-corrected chi connectivity index (χ4v) is 3.81. The molecule has 1 heterocycles. The topological polar surface area (TPSA) is 100 Å². The van der Waals surface area contributed by atoms with Crippen LogP contribution in [0.15, 0.2) is 30.9 Å². The number of aryl methyl sites for hydroxylation is 1. The van der Waals surface area contributed by atoms with Crippen LogP contribution in [0.2, 0.25) is 0 Å². The van der Waals surface area contributed by atoms with Crippen molar-refractivity contribution >= 4 is 11.9 Å². The van der Waals surface area contributed by atoms with Crippen molar-refractivity contribution in [1.82, 2.24) is 25.0 Å². The average molecular weight is 383 g/mol. The summed E-state index contributed by atoms with van der Waals surface area (Å²) in [7, 11) is 0. The van der Waals surface area contributed by atoms with Crippen molar-refractivity contribution in [2.24, 2.45) is 5.92 Å². The molecule has 0 unspecified atom stereocenters. The zero-order valence-electron chi connectivity index (χ0n) is 15.9. The normalized spacial score (nSPS) is 21.4. The van der Waals surface area contributed by atoms with Gasteiger partial charge in [0, 0.05) is 24.2 Å². The van der Waals surface area contributed by atoms with E-state index in [9.17, 15) is 9.59 Å². The molecule has 2 aliphatic carbocycles. The highest BCUT2D eigenvalue weighted by Gasteiger charge is 2.37. The molecule has 2 aromatic rings. The maximum Gasteiger partial charge on any atom is 0.317 e. The number of benzene rings is 1. The van der Waals surface area contributed by atoms with Crippen LogP contribution in [0, 0.1) is 12.8 Å². The first kappa shape index (κ1) is 18.6. The fourth-order valence-electron chi connectivity index (χ4n) is 3.81. The van der Waals surface area contributed by atoms with Gasteiger partial charge in [-0.1, -0.05) is 0 Å². The van der Waals surface area contributed by atoms with Crippen molar-refractivity contribution in [2.75, 3.05) is 13.1 Å². The maximum atomic E-state index is 12.6. The van der Waals surface area contributed by atoms with Gasteiger partial charge < -0.3 is 10.4 Å². The minimum Gasteiger partial charge on any atom is -0.480 e. The number of aliphatic carboxylic acids is 1. The fraction of sp³-hybridized carbons (Fsp3) is 0.500. The van der Waals surface area contributed by atoms with Gasteiger partial charge in [0.1, 0.15) is 12.7 Å². The van der Waals surface area contributed by atoms with Crippen LogP contribution in [0.25, 0.3) is 5.69 Å². The Morgan fingerprint density at radius 3 is 2.71 bits per heavy atom. The molecule has 28 heavy (non-hydrogen) atoms. The maximum absolute atomic E-state index is 12.6. The summed E-state index contributed by atoms with van der Waals surface area (Å²) in [5, 5.41) is 16.3. The van der Waals surface area contributed by atoms with Gasteiger partial charge in [-0.3, -0.25) is 14.5 Å². The zero-order chi connectivity index (χ0) is 19.7. The summed E-state index contributed by atoms with van der Waals surface area (Å²) < 4.78 is 1.67. The van der Waals surface area contributed by atoms with E-state index in [-0.39, 0.29) is 24.5 Å². The lowest BCUT2D eigenvalue weighted by molar-refractivity contribution is -0.139. The lowest BCUT2D eigenvalue weighted by Crippen LogP contribution is -2.55. The number of nitrogens with one attached hydrogen (secondary N) is 1. The van der Waals surface area contributed by atoms with E-state index in [1.165, 1.54) is 19.2 Å². The number of rotatable bonds is 8. The van der Waals surface area contributed by atoms with Gasteiger partial charge >= 0.3 is 5.97 Å². The number of carboxylic acids is 1. The first-order valence-corrected chi connectivity index (χ1v) is 9.72. The summed E-state index contributed by atoms with van der Waals surface area (Å²) in [6, 6.07) is 5.86. The number of amides is 1. The number of hydrogen-bond acceptors (Lipinski definition) is 5. The number of nitrogens with zero attached hydrogens (tertiary/aromatic N) is 4. The zero-order valence-corrected chi connectivity index (χ0v) is 15.9. The van der Waals surface area contributed by atoms with Crippen LogP contribution in [-0.4, -0.2) is 61.8 Å². The van der Waals surface area contributed by atoms with E-state index in [1.54, 1.807) is 17.1 Å². The second kappa shape index (κ2) is 7.71. The quantitative estimate of drug-likeness (QED) is 0.719. The smallest absolute Gasteiger partial charge is 0.317 e. The Hall–Kier alpha value is -2.74. The number of carboxylic acid groups (broad SMARTS) is 1. The van der Waals surface area contributed by atoms with Crippen LogP contribution in [0.5, 0.6) is 0 Å². The van der Waals surface area contributed by atoms with Gasteiger partial charge in [-0.2, -0.15) is 5.10 Å². The lowest BCUT2D eigenvalue weighted by Gasteiger charge is -2.42. The van der Waals surface area contributed by atoms with Crippen molar-refractivity contribution in [3.05, 3.63) is 42.0 Å². The van der Waals surface area contributed by atoms with Gasteiger partial charge in [0.25, 0.3) is 5.91 Å². The molecular weight excluding hydrogens is 358 g/mol. The summed E-state index contributed by atoms with van der Waals surface area (Å²) >= 11 is 0. The highest BCUT2D eigenvalue weighted by molar-refractivity contribution is 5.95. The Balaban J connectivity index is 1.32. The third-order valence-electron chi connectivity index (χ3n) is 5.62. The molecule has 148 valence electrons. The van der Waals surface area contributed by atoms with E-state index in [0.717, 1.165) is 30.6 Å².